The van der Waals surface area contributed by atoms with E-state index in [1.54, 1.807) is 19.0 Å². The lowest BCUT2D eigenvalue weighted by Crippen LogP contribution is -2.32. The first-order chi connectivity index (χ1) is 5.20. The normalized spacial score (nSPS) is 9.00. The number of nitrogens with zero attached hydrogens (tertiary/aromatic N) is 4. The van der Waals surface area contributed by atoms with Crippen molar-refractivity contribution in [3.8, 4) is 0 Å². The number of nitrogens with one attached hydrogen (secondary N) is 1. The van der Waals surface area contributed by atoms with Gasteiger partial charge in [-0.25, -0.2) is 0 Å². The Bertz CT molecular complexity index is 174. The van der Waals surface area contributed by atoms with Crippen LogP contribution in [0, 0.1) is 0 Å². The van der Waals surface area contributed by atoms with Crippen molar-refractivity contribution in [1.82, 2.24) is 10.2 Å². The molecular weight excluding hydrogens is 146 g/mol. The van der Waals surface area contributed by atoms with E-state index in [0.717, 1.165) is 0 Å². The summed E-state index contributed by atoms with van der Waals surface area (Å²) in [6.07, 6.45) is 0. The second kappa shape index (κ2) is 5.52. The molecule has 0 aromatic carbocycles. The molecule has 0 aliphatic heterocycles. The van der Waals surface area contributed by atoms with Crippen LogP contribution in [-0.2, 0) is 4.79 Å². The van der Waals surface area contributed by atoms with E-state index >= 15 is 0 Å². The Morgan fingerprint density at radius 1 is 1.82 bits per heavy atom. The van der Waals surface area contributed by atoms with E-state index in [1.165, 1.54) is 0 Å². The zero-order chi connectivity index (χ0) is 8.69. The van der Waals surface area contributed by atoms with Gasteiger partial charge in [-0.2, -0.15) is 0 Å². The zero-order valence-electron chi connectivity index (χ0n) is 6.61. The summed E-state index contributed by atoms with van der Waals surface area (Å²) in [5.41, 5.74) is 7.94. The van der Waals surface area contributed by atoms with Crippen LogP contribution in [0.3, 0.4) is 0 Å². The highest BCUT2D eigenvalue weighted by Gasteiger charge is 2.01. The molecule has 0 fully saturated rings. The average Bonchev–Trinajstić information content (AvgIpc) is 2.00. The fourth-order valence-electron chi connectivity index (χ4n) is 0.510. The Kier molecular flexibility index (Phi) is 4.89. The maximum atomic E-state index is 10.7. The van der Waals surface area contributed by atoms with E-state index in [1.807, 2.05) is 0 Å². The largest absolute Gasteiger partial charge is 0.358 e. The number of rotatable bonds is 4. The average molecular weight is 157 g/mol. The van der Waals surface area contributed by atoms with Crippen LogP contribution in [0.1, 0.15) is 0 Å². The van der Waals surface area contributed by atoms with Gasteiger partial charge in [0.25, 0.3) is 0 Å². The zero-order valence-corrected chi connectivity index (χ0v) is 6.61. The van der Waals surface area contributed by atoms with E-state index in [9.17, 15) is 4.79 Å². The molecule has 0 aromatic heterocycles. The van der Waals surface area contributed by atoms with Crippen molar-refractivity contribution in [1.29, 1.82) is 0 Å². The lowest BCUT2D eigenvalue weighted by atomic mass is 10.5. The topological polar surface area (TPSA) is 81.1 Å². The van der Waals surface area contributed by atoms with Crippen LogP contribution in [0.4, 0.5) is 0 Å². The lowest BCUT2D eigenvalue weighted by Gasteiger charge is -2.10. The van der Waals surface area contributed by atoms with Crippen molar-refractivity contribution in [2.75, 3.05) is 27.3 Å². The van der Waals surface area contributed by atoms with Gasteiger partial charge in [0.1, 0.15) is 0 Å². The first kappa shape index (κ1) is 9.74. The molecular formula is C5H11N5O. The van der Waals surface area contributed by atoms with Gasteiger partial charge in [-0.05, 0) is 12.6 Å². The highest BCUT2D eigenvalue weighted by atomic mass is 16.1. The molecule has 0 aliphatic rings. The van der Waals surface area contributed by atoms with Gasteiger partial charge in [0.2, 0.25) is 5.91 Å². The van der Waals surface area contributed by atoms with Gasteiger partial charge in [0.15, 0.2) is 0 Å². The number of hydrogen-bond donors (Lipinski definition) is 1. The highest BCUT2D eigenvalue weighted by molar-refractivity contribution is 5.77. The molecule has 0 saturated carbocycles. The number of hydrogen-bond acceptors (Lipinski definition) is 3. The molecule has 0 atom stereocenters. The minimum Gasteiger partial charge on any atom is -0.358 e. The van der Waals surface area contributed by atoms with Gasteiger partial charge >= 0.3 is 0 Å². The molecule has 1 amide bonds. The molecule has 6 nitrogen and oxygen atoms in total. The lowest BCUT2D eigenvalue weighted by molar-refractivity contribution is -0.121. The van der Waals surface area contributed by atoms with Crippen molar-refractivity contribution in [3.63, 3.8) is 0 Å². The Hall–Kier alpha value is -1.26. The quantitative estimate of drug-likeness (QED) is 0.352. The smallest absolute Gasteiger partial charge is 0.233 e. The highest BCUT2D eigenvalue weighted by Crippen LogP contribution is 1.82. The molecule has 0 heterocycles. The Morgan fingerprint density at radius 2 is 2.45 bits per heavy atom. The molecule has 0 spiro atoms. The van der Waals surface area contributed by atoms with E-state index < -0.39 is 0 Å². The third-order valence-electron chi connectivity index (χ3n) is 1.06. The summed E-state index contributed by atoms with van der Waals surface area (Å²) >= 11 is 0. The first-order valence-corrected chi connectivity index (χ1v) is 3.10. The van der Waals surface area contributed by atoms with Crippen molar-refractivity contribution >= 4 is 5.91 Å². The fraction of sp³-hybridized carbons (Fsp3) is 0.800. The molecule has 0 rings (SSSR count). The Labute approximate surface area is 64.8 Å². The number of likely N-dealkylation sites (N-methyl/N-ethyl adjacent to an activating group) is 2. The third kappa shape index (κ3) is 5.20. The standard InChI is InChI=1S/C5H11N5O/c1-7-5(11)3-10(2)4-8-9-6/h3-4H2,1-2H3,(H,7,11). The molecule has 1 N–H and O–H groups in total. The van der Waals surface area contributed by atoms with Crippen molar-refractivity contribution < 1.29 is 4.79 Å². The minimum atomic E-state index is -0.0966. The molecule has 0 saturated heterocycles. The number of amides is 1. The molecule has 0 radical (unpaired) electrons. The van der Waals surface area contributed by atoms with Crippen molar-refractivity contribution in [2.45, 2.75) is 0 Å². The Balaban J connectivity index is 3.59. The summed E-state index contributed by atoms with van der Waals surface area (Å²) in [5, 5.41) is 5.74. The van der Waals surface area contributed by atoms with Crippen LogP contribution in [0.5, 0.6) is 0 Å². The van der Waals surface area contributed by atoms with Gasteiger partial charge in [-0.3, -0.25) is 9.69 Å². The van der Waals surface area contributed by atoms with Gasteiger partial charge < -0.3 is 5.32 Å². The second-order valence-corrected chi connectivity index (χ2v) is 2.06. The van der Waals surface area contributed by atoms with Crippen LogP contribution in [0.15, 0.2) is 5.11 Å². The third-order valence-corrected chi connectivity index (χ3v) is 1.06. The van der Waals surface area contributed by atoms with E-state index in [4.69, 9.17) is 5.53 Å². The summed E-state index contributed by atoms with van der Waals surface area (Å²) in [4.78, 5) is 14.9. The summed E-state index contributed by atoms with van der Waals surface area (Å²) in [6.45, 7) is 0.458. The second-order valence-electron chi connectivity index (χ2n) is 2.06. The van der Waals surface area contributed by atoms with Crippen LogP contribution in [0.25, 0.3) is 10.4 Å². The Morgan fingerprint density at radius 3 is 2.91 bits per heavy atom. The maximum Gasteiger partial charge on any atom is 0.233 e. The SMILES string of the molecule is CNC(=O)CN(C)CN=[N+]=[N-]. The van der Waals surface area contributed by atoms with Gasteiger partial charge in [0.05, 0.1) is 13.2 Å². The van der Waals surface area contributed by atoms with E-state index in [2.05, 4.69) is 15.3 Å². The summed E-state index contributed by atoms with van der Waals surface area (Å²) in [6, 6.07) is 0. The molecule has 0 bridgehead atoms. The van der Waals surface area contributed by atoms with E-state index in [-0.39, 0.29) is 19.1 Å². The molecule has 6 heteroatoms. The minimum absolute atomic E-state index is 0.0966. The fourth-order valence-corrected chi connectivity index (χ4v) is 0.510. The predicted octanol–water partition coefficient (Wildman–Crippen LogP) is -0.0680. The van der Waals surface area contributed by atoms with Crippen LogP contribution in [0.2, 0.25) is 0 Å². The van der Waals surface area contributed by atoms with Crippen molar-refractivity contribution in [2.24, 2.45) is 5.11 Å². The first-order valence-electron chi connectivity index (χ1n) is 3.10. The van der Waals surface area contributed by atoms with Gasteiger partial charge in [0, 0.05) is 12.0 Å². The molecule has 0 unspecified atom stereocenters. The molecule has 11 heavy (non-hydrogen) atoms. The maximum absolute atomic E-state index is 10.7. The summed E-state index contributed by atoms with van der Waals surface area (Å²) < 4.78 is 0. The van der Waals surface area contributed by atoms with Crippen LogP contribution >= 0.6 is 0 Å². The van der Waals surface area contributed by atoms with Gasteiger partial charge in [-0.1, -0.05) is 5.11 Å². The molecule has 62 valence electrons. The monoisotopic (exact) mass is 157 g/mol. The molecule has 0 aromatic rings. The number of azide groups is 1. The van der Waals surface area contributed by atoms with E-state index in [0.29, 0.717) is 0 Å². The summed E-state index contributed by atoms with van der Waals surface area (Å²) in [7, 11) is 3.26. The number of carbonyl (C=O) groups is 1. The van der Waals surface area contributed by atoms with Crippen molar-refractivity contribution in [3.05, 3.63) is 10.4 Å². The summed E-state index contributed by atoms with van der Waals surface area (Å²) in [5.74, 6) is -0.0966. The predicted molar refractivity (Wildman–Crippen MR) is 40.7 cm³/mol. The van der Waals surface area contributed by atoms with Gasteiger partial charge in [-0.15, -0.1) is 0 Å². The number of carbonyl (C=O) groups excluding carboxylic acids is 1. The van der Waals surface area contributed by atoms with Crippen LogP contribution in [-0.4, -0.2) is 38.1 Å². The molecule has 0 aliphatic carbocycles. The van der Waals surface area contributed by atoms with Crippen LogP contribution < -0.4 is 5.32 Å².